The number of rotatable bonds is 7. The largest absolute Gasteiger partial charge is 0.455 e. The molecular formula is C51H39N3O. The van der Waals surface area contributed by atoms with Crippen LogP contribution in [0.5, 0.6) is 0 Å². The quantitative estimate of drug-likeness (QED) is 0.120. The summed E-state index contributed by atoms with van der Waals surface area (Å²) < 4.78 is 6.96. The van der Waals surface area contributed by atoms with Crippen LogP contribution < -0.4 is 0 Å². The number of para-hydroxylation sites is 1. The number of nitrogens with zero attached hydrogens (tertiary/aromatic N) is 3. The lowest BCUT2D eigenvalue weighted by Gasteiger charge is -2.22. The van der Waals surface area contributed by atoms with Crippen LogP contribution in [0.2, 0.25) is 0 Å². The van der Waals surface area contributed by atoms with Gasteiger partial charge >= 0.3 is 0 Å². The topological polar surface area (TPSA) is 50.2 Å². The van der Waals surface area contributed by atoms with Gasteiger partial charge in [0.05, 0.1) is 12.1 Å². The molecule has 0 saturated carbocycles. The van der Waals surface area contributed by atoms with Crippen LogP contribution >= 0.6 is 0 Å². The molecule has 0 amide bonds. The number of hydrogen-bond acceptors (Lipinski definition) is 2. The Morgan fingerprint density at radius 1 is 0.618 bits per heavy atom. The van der Waals surface area contributed by atoms with Crippen molar-refractivity contribution < 1.29 is 4.42 Å². The van der Waals surface area contributed by atoms with Crippen molar-refractivity contribution in [2.45, 2.75) is 25.8 Å². The second-order valence-corrected chi connectivity index (χ2v) is 14.1. The molecule has 7 aromatic carbocycles. The summed E-state index contributed by atoms with van der Waals surface area (Å²) in [6.07, 6.45) is 5.49. The average Bonchev–Trinajstić information content (AvgIpc) is 3.64. The molecule has 1 aliphatic carbocycles. The summed E-state index contributed by atoms with van der Waals surface area (Å²) in [7, 11) is 0. The van der Waals surface area contributed by atoms with Crippen molar-refractivity contribution in [1.29, 1.82) is 0 Å². The molecule has 0 spiro atoms. The first-order chi connectivity index (χ1) is 27.1. The van der Waals surface area contributed by atoms with Gasteiger partial charge in [-0.1, -0.05) is 171 Å². The minimum atomic E-state index is 0.358. The van der Waals surface area contributed by atoms with Crippen LogP contribution in [0.15, 0.2) is 189 Å². The molecular weight excluding hydrogens is 671 g/mol. The van der Waals surface area contributed by atoms with Gasteiger partial charge in [-0.25, -0.2) is 9.98 Å². The summed E-state index contributed by atoms with van der Waals surface area (Å²) in [5.41, 5.74) is 13.9. The van der Waals surface area contributed by atoms with Crippen LogP contribution in [0.25, 0.3) is 61.4 Å². The predicted octanol–water partition coefficient (Wildman–Crippen LogP) is 13.2. The highest BCUT2D eigenvalue weighted by Crippen LogP contribution is 2.45. The molecule has 0 radical (unpaired) electrons. The van der Waals surface area contributed by atoms with Gasteiger partial charge in [0.15, 0.2) is 11.7 Å². The standard InChI is InChI=1S/C51H39N3O/c1-34-14-12-22-43-47(34)45(40-19-10-5-11-20-40)32-46-42-21-13-23-44(48(42)55-49(43)46)51(53-33-35-24-26-38(27-25-35)36-15-6-3-7-16-36)54-50(52-2)41-30-28-39(29-31-41)37-17-8-4-9-18-37/h3-13,15-32,34H,2,14,33H2,1H3. The van der Waals surface area contributed by atoms with Gasteiger partial charge in [0.25, 0.3) is 0 Å². The fourth-order valence-corrected chi connectivity index (χ4v) is 7.72. The third kappa shape index (κ3) is 6.64. The minimum Gasteiger partial charge on any atom is -0.455 e. The third-order valence-electron chi connectivity index (χ3n) is 10.5. The Morgan fingerprint density at radius 2 is 1.22 bits per heavy atom. The van der Waals surface area contributed by atoms with E-state index in [1.807, 2.05) is 42.5 Å². The lowest BCUT2D eigenvalue weighted by atomic mass is 9.81. The first-order valence-electron chi connectivity index (χ1n) is 18.8. The van der Waals surface area contributed by atoms with Crippen molar-refractivity contribution in [2.75, 3.05) is 0 Å². The van der Waals surface area contributed by atoms with Crippen molar-refractivity contribution in [3.05, 3.63) is 198 Å². The normalized spacial score (nSPS) is 14.3. The Balaban J connectivity index is 1.19. The number of hydrogen-bond donors (Lipinski definition) is 0. The Kier molecular flexibility index (Phi) is 9.15. The second kappa shape index (κ2) is 14.8. The zero-order valence-electron chi connectivity index (χ0n) is 30.7. The van der Waals surface area contributed by atoms with E-state index in [2.05, 4.69) is 152 Å². The number of aliphatic imine (C=N–C) groups is 3. The summed E-state index contributed by atoms with van der Waals surface area (Å²) in [5, 5.41) is 2.10. The number of allylic oxidation sites excluding steroid dienone is 1. The second-order valence-electron chi connectivity index (χ2n) is 14.1. The third-order valence-corrected chi connectivity index (χ3v) is 10.5. The van der Waals surface area contributed by atoms with E-state index in [1.54, 1.807) is 0 Å². The smallest absolute Gasteiger partial charge is 0.161 e. The SMILES string of the molecule is C=NC(=NC(=NCc1ccc(-c2ccccc2)cc1)c1cccc2c1oc1c3c(c(-c4ccccc4)cc12)C(C)CC=C3)c1ccc(-c2ccccc2)cc1. The molecule has 1 unspecified atom stereocenters. The van der Waals surface area contributed by atoms with E-state index < -0.39 is 0 Å². The van der Waals surface area contributed by atoms with Gasteiger partial charge in [-0.2, -0.15) is 0 Å². The van der Waals surface area contributed by atoms with Gasteiger partial charge in [-0.05, 0) is 75.7 Å². The highest BCUT2D eigenvalue weighted by Gasteiger charge is 2.25. The molecule has 264 valence electrons. The Hall–Kier alpha value is -6.91. The summed E-state index contributed by atoms with van der Waals surface area (Å²) in [5.74, 6) is 1.38. The van der Waals surface area contributed by atoms with E-state index in [4.69, 9.17) is 14.4 Å². The molecule has 0 N–H and O–H groups in total. The molecule has 9 rings (SSSR count). The summed E-state index contributed by atoms with van der Waals surface area (Å²) in [4.78, 5) is 14.8. The molecule has 0 aliphatic heterocycles. The van der Waals surface area contributed by atoms with Gasteiger partial charge in [-0.3, -0.25) is 4.99 Å². The zero-order chi connectivity index (χ0) is 37.1. The van der Waals surface area contributed by atoms with Gasteiger partial charge in [0, 0.05) is 21.9 Å². The Labute approximate surface area is 321 Å². The molecule has 4 heteroatoms. The Morgan fingerprint density at radius 3 is 1.85 bits per heavy atom. The lowest BCUT2D eigenvalue weighted by Crippen LogP contribution is -2.06. The van der Waals surface area contributed by atoms with Crippen molar-refractivity contribution >= 4 is 46.4 Å². The van der Waals surface area contributed by atoms with Crippen LogP contribution in [0.1, 0.15) is 47.1 Å². The maximum absolute atomic E-state index is 6.96. The highest BCUT2D eigenvalue weighted by atomic mass is 16.3. The van der Waals surface area contributed by atoms with Gasteiger partial charge in [-0.15, -0.1) is 0 Å². The fourth-order valence-electron chi connectivity index (χ4n) is 7.72. The highest BCUT2D eigenvalue weighted by molar-refractivity contribution is 6.20. The van der Waals surface area contributed by atoms with E-state index in [-0.39, 0.29) is 0 Å². The molecule has 55 heavy (non-hydrogen) atoms. The van der Waals surface area contributed by atoms with E-state index >= 15 is 0 Å². The number of amidine groups is 2. The average molecular weight is 710 g/mol. The van der Waals surface area contributed by atoms with E-state index in [0.717, 1.165) is 67.3 Å². The Bertz CT molecular complexity index is 2740. The van der Waals surface area contributed by atoms with Gasteiger partial charge in [0.1, 0.15) is 11.2 Å². The fraction of sp³-hybridized carbons (Fsp3) is 0.0784. The molecule has 1 aromatic heterocycles. The van der Waals surface area contributed by atoms with Crippen LogP contribution in [-0.2, 0) is 6.54 Å². The van der Waals surface area contributed by atoms with Crippen LogP contribution in [-0.4, -0.2) is 18.4 Å². The van der Waals surface area contributed by atoms with E-state index in [0.29, 0.717) is 24.1 Å². The van der Waals surface area contributed by atoms with Crippen molar-refractivity contribution in [2.24, 2.45) is 15.0 Å². The first kappa shape index (κ1) is 33.9. The van der Waals surface area contributed by atoms with E-state index in [1.165, 1.54) is 22.3 Å². The maximum atomic E-state index is 6.96. The maximum Gasteiger partial charge on any atom is 0.161 e. The molecule has 8 aromatic rings. The molecule has 0 saturated heterocycles. The molecule has 1 atom stereocenters. The summed E-state index contributed by atoms with van der Waals surface area (Å²) >= 11 is 0. The lowest BCUT2D eigenvalue weighted by molar-refractivity contribution is 0.663. The number of benzene rings is 7. The van der Waals surface area contributed by atoms with Crippen LogP contribution in [0.4, 0.5) is 0 Å². The van der Waals surface area contributed by atoms with Gasteiger partial charge in [0.2, 0.25) is 0 Å². The summed E-state index contributed by atoms with van der Waals surface area (Å²) in [6, 6.07) is 56.9. The van der Waals surface area contributed by atoms with Crippen LogP contribution in [0, 0.1) is 0 Å². The molecule has 1 aliphatic rings. The predicted molar refractivity (Wildman–Crippen MR) is 231 cm³/mol. The monoisotopic (exact) mass is 709 g/mol. The molecule has 0 fully saturated rings. The number of furan rings is 1. The van der Waals surface area contributed by atoms with Gasteiger partial charge < -0.3 is 4.42 Å². The number of fused-ring (bicyclic) bond motifs is 5. The first-order valence-corrected chi connectivity index (χ1v) is 18.8. The minimum absolute atomic E-state index is 0.358. The van der Waals surface area contributed by atoms with Crippen molar-refractivity contribution in [1.82, 2.24) is 0 Å². The van der Waals surface area contributed by atoms with Crippen LogP contribution in [0.3, 0.4) is 0 Å². The molecule has 1 heterocycles. The van der Waals surface area contributed by atoms with E-state index in [9.17, 15) is 0 Å². The zero-order valence-corrected chi connectivity index (χ0v) is 30.7. The molecule has 4 nitrogen and oxygen atoms in total. The van der Waals surface area contributed by atoms with Crippen molar-refractivity contribution in [3.8, 4) is 33.4 Å². The summed E-state index contributed by atoms with van der Waals surface area (Å²) in [6.45, 7) is 6.67. The van der Waals surface area contributed by atoms with Crippen molar-refractivity contribution in [3.63, 3.8) is 0 Å². The molecule has 0 bridgehead atoms.